The Morgan fingerprint density at radius 2 is 1.95 bits per heavy atom. The van der Waals surface area contributed by atoms with E-state index in [0.29, 0.717) is 39.2 Å². The van der Waals surface area contributed by atoms with E-state index in [-0.39, 0.29) is 23.6 Å². The number of amides is 1. The van der Waals surface area contributed by atoms with Gasteiger partial charge in [0.1, 0.15) is 0 Å². The predicted octanol–water partition coefficient (Wildman–Crippen LogP) is 5.38. The molecule has 0 fully saturated rings. The van der Waals surface area contributed by atoms with Crippen LogP contribution in [0.4, 0.5) is 23.2 Å². The van der Waals surface area contributed by atoms with Crippen molar-refractivity contribution in [1.29, 1.82) is 0 Å². The van der Waals surface area contributed by atoms with Crippen LogP contribution < -0.4 is 15.8 Å². The van der Waals surface area contributed by atoms with E-state index in [1.165, 1.54) is 36.0 Å². The maximum absolute atomic E-state index is 14.3. The number of ether oxygens (including phenoxy) is 1. The van der Waals surface area contributed by atoms with Gasteiger partial charge in [0.15, 0.2) is 17.2 Å². The molecule has 0 aliphatic rings. The summed E-state index contributed by atoms with van der Waals surface area (Å²) in [5, 5.41) is 7.39. The van der Waals surface area contributed by atoms with Crippen molar-refractivity contribution in [1.82, 2.24) is 14.6 Å². The third kappa shape index (κ3) is 5.40. The first-order chi connectivity index (χ1) is 17.5. The van der Waals surface area contributed by atoms with E-state index in [2.05, 4.69) is 22.0 Å². The molecule has 0 aliphatic heterocycles. The first kappa shape index (κ1) is 25.7. The van der Waals surface area contributed by atoms with Gasteiger partial charge in [-0.3, -0.25) is 4.79 Å². The van der Waals surface area contributed by atoms with Crippen LogP contribution in [-0.2, 0) is 0 Å². The summed E-state index contributed by atoms with van der Waals surface area (Å²) in [4.78, 5) is 16.0. The second kappa shape index (κ2) is 9.92. The second-order valence-corrected chi connectivity index (χ2v) is 8.34. The zero-order valence-electron chi connectivity index (χ0n) is 20.0. The van der Waals surface area contributed by atoms with Crippen molar-refractivity contribution in [3.63, 3.8) is 0 Å². The number of fused-ring (bicyclic) bond motifs is 1. The summed E-state index contributed by atoms with van der Waals surface area (Å²) in [5.41, 5.74) is 9.18. The number of halogens is 4. The van der Waals surface area contributed by atoms with Crippen LogP contribution in [0.25, 0.3) is 22.5 Å². The molecule has 37 heavy (non-hydrogen) atoms. The average molecular weight is 513 g/mol. The largest absolute Gasteiger partial charge is 0.494 e. The molecule has 0 aliphatic carbocycles. The average Bonchev–Trinajstić information content (AvgIpc) is 3.26. The summed E-state index contributed by atoms with van der Waals surface area (Å²) in [6.07, 6.45) is -3.87. The molecule has 0 unspecified atom stereocenters. The van der Waals surface area contributed by atoms with Crippen molar-refractivity contribution in [2.24, 2.45) is 5.73 Å². The Bertz CT molecular complexity index is 1510. The van der Waals surface area contributed by atoms with Gasteiger partial charge in [0.2, 0.25) is 5.91 Å². The molecule has 2 aromatic carbocycles. The van der Waals surface area contributed by atoms with Crippen LogP contribution in [0.15, 0.2) is 55.2 Å². The van der Waals surface area contributed by atoms with Crippen LogP contribution in [0.3, 0.4) is 0 Å². The Kier molecular flexibility index (Phi) is 6.88. The highest BCUT2D eigenvalue weighted by Crippen LogP contribution is 2.31. The molecule has 1 amide bonds. The monoisotopic (exact) mass is 513 g/mol. The summed E-state index contributed by atoms with van der Waals surface area (Å²) in [7, 11) is 1.35. The summed E-state index contributed by atoms with van der Waals surface area (Å²) in [6, 6.07) is 10.8. The molecule has 3 N–H and O–H groups in total. The molecule has 0 saturated heterocycles. The lowest BCUT2D eigenvalue weighted by Gasteiger charge is -2.14. The summed E-state index contributed by atoms with van der Waals surface area (Å²) >= 11 is 0. The number of hydrogen-bond acceptors (Lipinski definition) is 5. The lowest BCUT2D eigenvalue weighted by atomic mass is 10.0. The first-order valence-electron chi connectivity index (χ1n) is 11.1. The number of nitrogens with two attached hydrogens (primary N) is 1. The molecule has 192 valence electrons. The number of hydrogen-bond donors (Lipinski definition) is 2. The number of carbonyl (C=O) groups excluding carboxylic acids is 1. The fourth-order valence-corrected chi connectivity index (χ4v) is 3.88. The summed E-state index contributed by atoms with van der Waals surface area (Å²) < 4.78 is 59.1. The highest BCUT2D eigenvalue weighted by molar-refractivity contribution is 5.95. The molecule has 0 atom stereocenters. The van der Waals surface area contributed by atoms with Crippen LogP contribution in [0, 0.1) is 12.7 Å². The highest BCUT2D eigenvalue weighted by Gasteiger charge is 2.26. The topological polar surface area (TPSA) is 94.5 Å². The van der Waals surface area contributed by atoms with E-state index in [9.17, 15) is 22.4 Å². The number of aryl methyl sites for hydroxylation is 1. The third-order valence-electron chi connectivity index (χ3n) is 5.79. The van der Waals surface area contributed by atoms with Gasteiger partial charge in [-0.1, -0.05) is 18.7 Å². The minimum Gasteiger partial charge on any atom is -0.494 e. The lowest BCUT2D eigenvalue weighted by molar-refractivity contribution is -0.131. The molecule has 2 heterocycles. The third-order valence-corrected chi connectivity index (χ3v) is 5.79. The maximum Gasteiger partial charge on any atom is 0.390 e. The van der Waals surface area contributed by atoms with Gasteiger partial charge >= 0.3 is 6.18 Å². The number of imidazole rings is 1. The van der Waals surface area contributed by atoms with Gasteiger partial charge in [0.05, 0.1) is 36.8 Å². The minimum absolute atomic E-state index is 0.0566. The van der Waals surface area contributed by atoms with E-state index < -0.39 is 24.3 Å². The zero-order valence-corrected chi connectivity index (χ0v) is 20.0. The number of methoxy groups -OCH3 is 1. The molecular formula is C26H23F4N5O2. The molecule has 0 saturated carbocycles. The Hall–Kier alpha value is -4.41. The number of nitrogens with one attached hydrogen (secondary N) is 1. The molecule has 4 rings (SSSR count). The van der Waals surface area contributed by atoms with E-state index in [1.54, 1.807) is 31.2 Å². The van der Waals surface area contributed by atoms with Crippen LogP contribution >= 0.6 is 0 Å². The van der Waals surface area contributed by atoms with E-state index in [4.69, 9.17) is 10.5 Å². The number of primary amides is 1. The second-order valence-electron chi connectivity index (χ2n) is 8.34. The number of benzene rings is 2. The zero-order chi connectivity index (χ0) is 26.9. The van der Waals surface area contributed by atoms with Crippen molar-refractivity contribution in [2.75, 3.05) is 19.0 Å². The van der Waals surface area contributed by atoms with Crippen molar-refractivity contribution < 1.29 is 27.1 Å². The van der Waals surface area contributed by atoms with Gasteiger partial charge in [-0.15, -0.1) is 0 Å². The van der Waals surface area contributed by atoms with Crippen LogP contribution in [-0.4, -0.2) is 40.3 Å². The fraction of sp³-hybridized carbons (Fsp3) is 0.192. The SMILES string of the molecule is C=C(c1ccc(OC)c(F)c1)c1cc(NCCC(F)(F)F)c2ncc(-c3ccc(C(N)=O)c(C)c3)n2n1. The Balaban J connectivity index is 1.83. The van der Waals surface area contributed by atoms with Crippen molar-refractivity contribution >= 4 is 22.8 Å². The lowest BCUT2D eigenvalue weighted by Crippen LogP contribution is -2.15. The van der Waals surface area contributed by atoms with Gasteiger partial charge in [-0.25, -0.2) is 13.9 Å². The van der Waals surface area contributed by atoms with E-state index in [1.807, 2.05) is 0 Å². The molecule has 11 heteroatoms. The molecule has 4 aromatic rings. The van der Waals surface area contributed by atoms with E-state index >= 15 is 0 Å². The molecule has 7 nitrogen and oxygen atoms in total. The molecule has 0 radical (unpaired) electrons. The fourth-order valence-electron chi connectivity index (χ4n) is 3.88. The van der Waals surface area contributed by atoms with Crippen molar-refractivity contribution in [3.8, 4) is 17.0 Å². The Morgan fingerprint density at radius 3 is 2.57 bits per heavy atom. The number of carbonyl (C=O) groups is 1. The van der Waals surface area contributed by atoms with Crippen LogP contribution in [0.5, 0.6) is 5.75 Å². The number of anilines is 1. The van der Waals surface area contributed by atoms with Crippen molar-refractivity contribution in [2.45, 2.75) is 19.5 Å². The number of aromatic nitrogens is 3. The normalized spacial score (nSPS) is 11.5. The first-order valence-corrected chi connectivity index (χ1v) is 11.1. The quantitative estimate of drug-likeness (QED) is 0.309. The Labute approximate surface area is 209 Å². The molecule has 0 bridgehead atoms. The summed E-state index contributed by atoms with van der Waals surface area (Å²) in [5.74, 6) is -1.11. The summed E-state index contributed by atoms with van der Waals surface area (Å²) in [6.45, 7) is 5.37. The molecular weight excluding hydrogens is 490 g/mol. The number of alkyl halides is 3. The Morgan fingerprint density at radius 1 is 1.19 bits per heavy atom. The molecule has 2 aromatic heterocycles. The predicted molar refractivity (Wildman–Crippen MR) is 132 cm³/mol. The standard InChI is InChI=1S/C26H23F4N5O2/c1-14-10-17(4-6-18(14)24(31)36)22-13-33-25-21(32-9-8-26(28,29)30)12-20(34-35(22)25)15(2)16-5-7-23(37-3)19(27)11-16/h4-7,10-13,32H,2,8-9H2,1,3H3,(H2,31,36). The van der Waals surface area contributed by atoms with Gasteiger partial charge in [-0.05, 0) is 48.4 Å². The van der Waals surface area contributed by atoms with Crippen LogP contribution in [0.1, 0.15) is 33.6 Å². The molecule has 0 spiro atoms. The highest BCUT2D eigenvalue weighted by atomic mass is 19.4. The minimum atomic E-state index is -4.34. The van der Waals surface area contributed by atoms with Gasteiger partial charge in [-0.2, -0.15) is 18.3 Å². The van der Waals surface area contributed by atoms with Gasteiger partial charge < -0.3 is 15.8 Å². The smallest absolute Gasteiger partial charge is 0.390 e. The van der Waals surface area contributed by atoms with Crippen molar-refractivity contribution in [3.05, 3.63) is 83.4 Å². The van der Waals surface area contributed by atoms with Gasteiger partial charge in [0, 0.05) is 23.2 Å². The number of rotatable bonds is 8. The number of nitrogens with zero attached hydrogens (tertiary/aromatic N) is 3. The van der Waals surface area contributed by atoms with E-state index in [0.717, 1.165) is 0 Å². The maximum atomic E-state index is 14.3. The van der Waals surface area contributed by atoms with Gasteiger partial charge in [0.25, 0.3) is 0 Å². The van der Waals surface area contributed by atoms with Crippen LogP contribution in [0.2, 0.25) is 0 Å².